The van der Waals surface area contributed by atoms with Crippen molar-refractivity contribution in [3.63, 3.8) is 0 Å². The van der Waals surface area contributed by atoms with E-state index in [1.54, 1.807) is 11.8 Å². The van der Waals surface area contributed by atoms with E-state index in [2.05, 4.69) is 29.6 Å². The van der Waals surface area contributed by atoms with E-state index in [4.69, 9.17) is 23.2 Å². The fourth-order valence-corrected chi connectivity index (χ4v) is 3.66. The first kappa shape index (κ1) is 15.7. The summed E-state index contributed by atoms with van der Waals surface area (Å²) in [5, 5.41) is 5.04. The highest BCUT2D eigenvalue weighted by molar-refractivity contribution is 7.99. The first-order valence-electron chi connectivity index (χ1n) is 6.52. The maximum atomic E-state index is 6.27. The zero-order chi connectivity index (χ0) is 14.4. The first-order chi connectivity index (χ1) is 9.70. The molecule has 1 unspecified atom stereocenters. The van der Waals surface area contributed by atoms with Crippen LogP contribution in [0.1, 0.15) is 17.2 Å². The second kappa shape index (κ2) is 7.94. The number of rotatable bonds is 6. The van der Waals surface area contributed by atoms with Gasteiger partial charge in [-0.15, -0.1) is 11.8 Å². The summed E-state index contributed by atoms with van der Waals surface area (Å²) in [5.74, 6) is 0. The minimum Gasteiger partial charge on any atom is -0.320 e. The van der Waals surface area contributed by atoms with Crippen molar-refractivity contribution in [3.8, 4) is 0 Å². The van der Waals surface area contributed by atoms with Crippen LogP contribution in [0.4, 0.5) is 0 Å². The molecular formula is C16H17Cl2NS. The minimum atomic E-state index is 0.361. The molecule has 0 amide bonds. The predicted molar refractivity (Wildman–Crippen MR) is 90.0 cm³/mol. The summed E-state index contributed by atoms with van der Waals surface area (Å²) in [7, 11) is 1.97. The van der Waals surface area contributed by atoms with Gasteiger partial charge in [-0.25, -0.2) is 0 Å². The lowest BCUT2D eigenvalue weighted by atomic mass is 10.1. The predicted octanol–water partition coefficient (Wildman–Crippen LogP) is 5.44. The van der Waals surface area contributed by atoms with E-state index >= 15 is 0 Å². The molecule has 1 N–H and O–H groups in total. The Bertz CT molecular complexity index is 545. The molecule has 106 valence electrons. The quantitative estimate of drug-likeness (QED) is 0.710. The van der Waals surface area contributed by atoms with Crippen molar-refractivity contribution in [2.75, 3.05) is 13.6 Å². The van der Waals surface area contributed by atoms with E-state index in [1.807, 2.05) is 31.3 Å². The van der Waals surface area contributed by atoms with Gasteiger partial charge in [0.1, 0.15) is 0 Å². The van der Waals surface area contributed by atoms with Gasteiger partial charge in [0.25, 0.3) is 0 Å². The van der Waals surface area contributed by atoms with E-state index in [9.17, 15) is 0 Å². The zero-order valence-corrected chi connectivity index (χ0v) is 13.6. The van der Waals surface area contributed by atoms with Gasteiger partial charge in [-0.3, -0.25) is 0 Å². The summed E-state index contributed by atoms with van der Waals surface area (Å²) < 4.78 is 0. The Hall–Kier alpha value is -0.670. The fourth-order valence-electron chi connectivity index (χ4n) is 1.96. The van der Waals surface area contributed by atoms with Crippen LogP contribution in [0.2, 0.25) is 10.0 Å². The number of hydrogen-bond donors (Lipinski definition) is 1. The van der Waals surface area contributed by atoms with Crippen molar-refractivity contribution < 1.29 is 0 Å². The van der Waals surface area contributed by atoms with Crippen molar-refractivity contribution >= 4 is 35.0 Å². The van der Waals surface area contributed by atoms with Crippen LogP contribution < -0.4 is 5.32 Å². The Morgan fingerprint density at radius 1 is 1.10 bits per heavy atom. The average Bonchev–Trinajstić information content (AvgIpc) is 2.48. The number of thioether (sulfide) groups is 1. The molecular weight excluding hydrogens is 309 g/mol. The third-order valence-electron chi connectivity index (χ3n) is 2.99. The van der Waals surface area contributed by atoms with Crippen LogP contribution in [0.25, 0.3) is 0 Å². The molecule has 0 saturated heterocycles. The lowest BCUT2D eigenvalue weighted by molar-refractivity contribution is 0.715. The molecule has 0 saturated carbocycles. The van der Waals surface area contributed by atoms with Crippen molar-refractivity contribution in [2.45, 2.75) is 16.6 Å². The SMILES string of the molecule is CNCCC(Sc1cc(Cl)ccc1Cl)c1ccccc1. The highest BCUT2D eigenvalue weighted by Gasteiger charge is 2.14. The van der Waals surface area contributed by atoms with E-state index in [1.165, 1.54) is 5.56 Å². The molecule has 0 fully saturated rings. The first-order valence-corrected chi connectivity index (χ1v) is 8.15. The van der Waals surface area contributed by atoms with E-state index in [0.717, 1.165) is 27.9 Å². The van der Waals surface area contributed by atoms with Gasteiger partial charge in [-0.05, 0) is 43.8 Å². The Morgan fingerprint density at radius 3 is 2.55 bits per heavy atom. The zero-order valence-electron chi connectivity index (χ0n) is 11.3. The van der Waals surface area contributed by atoms with Crippen LogP contribution in [0.5, 0.6) is 0 Å². The third kappa shape index (κ3) is 4.42. The van der Waals surface area contributed by atoms with Crippen molar-refractivity contribution in [2.24, 2.45) is 0 Å². The van der Waals surface area contributed by atoms with E-state index in [-0.39, 0.29) is 0 Å². The van der Waals surface area contributed by atoms with Gasteiger partial charge in [-0.1, -0.05) is 53.5 Å². The monoisotopic (exact) mass is 325 g/mol. The van der Waals surface area contributed by atoms with Gasteiger partial charge in [0.2, 0.25) is 0 Å². The lowest BCUT2D eigenvalue weighted by Crippen LogP contribution is -2.10. The molecule has 0 bridgehead atoms. The van der Waals surface area contributed by atoms with Crippen LogP contribution in [0.15, 0.2) is 53.4 Å². The lowest BCUT2D eigenvalue weighted by Gasteiger charge is -2.18. The second-order valence-corrected chi connectivity index (χ2v) is 6.57. The Morgan fingerprint density at radius 2 is 1.85 bits per heavy atom. The van der Waals surface area contributed by atoms with Crippen LogP contribution in [-0.4, -0.2) is 13.6 Å². The number of nitrogens with one attached hydrogen (secondary N) is 1. The number of hydrogen-bond acceptors (Lipinski definition) is 2. The molecule has 4 heteroatoms. The Balaban J connectivity index is 2.21. The molecule has 0 heterocycles. The van der Waals surface area contributed by atoms with Gasteiger partial charge in [-0.2, -0.15) is 0 Å². The van der Waals surface area contributed by atoms with Gasteiger partial charge in [0, 0.05) is 15.2 Å². The minimum absolute atomic E-state index is 0.361. The summed E-state index contributed by atoms with van der Waals surface area (Å²) in [6.45, 7) is 0.963. The fraction of sp³-hybridized carbons (Fsp3) is 0.250. The van der Waals surface area contributed by atoms with Crippen LogP contribution in [0, 0.1) is 0 Å². The summed E-state index contributed by atoms with van der Waals surface area (Å²) in [4.78, 5) is 1.03. The standard InChI is InChI=1S/C16H17Cl2NS/c1-19-10-9-15(12-5-3-2-4-6-12)20-16-11-13(17)7-8-14(16)18/h2-8,11,15,19H,9-10H2,1H3. The number of benzene rings is 2. The highest BCUT2D eigenvalue weighted by Crippen LogP contribution is 2.41. The molecule has 1 atom stereocenters. The van der Waals surface area contributed by atoms with Gasteiger partial charge in [0.05, 0.1) is 5.02 Å². The van der Waals surface area contributed by atoms with Crippen LogP contribution in [0.3, 0.4) is 0 Å². The highest BCUT2D eigenvalue weighted by atomic mass is 35.5. The molecule has 2 aromatic rings. The Labute approximate surface area is 134 Å². The maximum absolute atomic E-state index is 6.27. The van der Waals surface area contributed by atoms with Gasteiger partial charge in [0.15, 0.2) is 0 Å². The van der Waals surface area contributed by atoms with Crippen molar-refractivity contribution in [3.05, 3.63) is 64.1 Å². The number of halogens is 2. The molecule has 0 aliphatic rings. The Kier molecular flexibility index (Phi) is 6.24. The van der Waals surface area contributed by atoms with Crippen molar-refractivity contribution in [1.29, 1.82) is 0 Å². The smallest absolute Gasteiger partial charge is 0.0543 e. The molecule has 2 aromatic carbocycles. The largest absolute Gasteiger partial charge is 0.320 e. The molecule has 0 aliphatic carbocycles. The van der Waals surface area contributed by atoms with Crippen LogP contribution >= 0.6 is 35.0 Å². The topological polar surface area (TPSA) is 12.0 Å². The molecule has 2 rings (SSSR count). The summed E-state index contributed by atoms with van der Waals surface area (Å²) in [6.07, 6.45) is 1.04. The average molecular weight is 326 g/mol. The van der Waals surface area contributed by atoms with Crippen LogP contribution in [-0.2, 0) is 0 Å². The summed E-state index contributed by atoms with van der Waals surface area (Å²) in [5.41, 5.74) is 1.31. The molecule has 0 aliphatic heterocycles. The molecule has 1 nitrogen and oxygen atoms in total. The normalized spacial score (nSPS) is 12.3. The molecule has 0 aromatic heterocycles. The van der Waals surface area contributed by atoms with Gasteiger partial charge >= 0.3 is 0 Å². The summed E-state index contributed by atoms with van der Waals surface area (Å²) >= 11 is 14.1. The maximum Gasteiger partial charge on any atom is 0.0543 e. The molecule has 0 spiro atoms. The van der Waals surface area contributed by atoms with Gasteiger partial charge < -0.3 is 5.32 Å². The molecule has 0 radical (unpaired) electrons. The third-order valence-corrected chi connectivity index (χ3v) is 5.05. The molecule has 20 heavy (non-hydrogen) atoms. The van der Waals surface area contributed by atoms with Crippen molar-refractivity contribution in [1.82, 2.24) is 5.32 Å². The second-order valence-electron chi connectivity index (χ2n) is 4.48. The summed E-state index contributed by atoms with van der Waals surface area (Å²) in [6, 6.07) is 16.1. The van der Waals surface area contributed by atoms with E-state index in [0.29, 0.717) is 5.25 Å². The van der Waals surface area contributed by atoms with E-state index < -0.39 is 0 Å².